The normalized spacial score (nSPS) is 21.6. The van der Waals surface area contributed by atoms with Gasteiger partial charge in [0.15, 0.2) is 5.69 Å². The van der Waals surface area contributed by atoms with Crippen molar-refractivity contribution >= 4 is 5.91 Å². The summed E-state index contributed by atoms with van der Waals surface area (Å²) in [4.78, 5) is 12.6. The van der Waals surface area contributed by atoms with Gasteiger partial charge in [0.05, 0.1) is 13.7 Å². The highest BCUT2D eigenvalue weighted by molar-refractivity contribution is 5.93. The summed E-state index contributed by atoms with van der Waals surface area (Å²) in [6.45, 7) is 0.160. The maximum absolute atomic E-state index is 12.6. The fraction of sp³-hybridized carbons (Fsp3) is 0.500. The minimum Gasteiger partial charge on any atom is -0.497 e. The van der Waals surface area contributed by atoms with Crippen LogP contribution in [0, 0.1) is 0 Å². The predicted octanol–water partition coefficient (Wildman–Crippen LogP) is 2.52. The predicted molar refractivity (Wildman–Crippen MR) is 95.3 cm³/mol. The molecule has 2 N–H and O–H groups in total. The van der Waals surface area contributed by atoms with Gasteiger partial charge in [-0.1, -0.05) is 11.2 Å². The number of aryl methyl sites for hydroxylation is 2. The van der Waals surface area contributed by atoms with Crippen molar-refractivity contribution < 1.29 is 19.2 Å². The lowest BCUT2D eigenvalue weighted by atomic mass is 9.79. The minimum atomic E-state index is -1.07. The van der Waals surface area contributed by atoms with Crippen LogP contribution < -0.4 is 10.1 Å². The molecule has 0 bridgehead atoms. The lowest BCUT2D eigenvalue weighted by Gasteiger charge is -2.34. The van der Waals surface area contributed by atoms with E-state index in [2.05, 4.69) is 10.5 Å². The Morgan fingerprint density at radius 3 is 3.00 bits per heavy atom. The number of aliphatic hydroxyl groups is 1. The van der Waals surface area contributed by atoms with Crippen molar-refractivity contribution in [2.45, 2.75) is 50.5 Å². The van der Waals surface area contributed by atoms with Gasteiger partial charge in [0, 0.05) is 12.0 Å². The quantitative estimate of drug-likeness (QED) is 0.879. The van der Waals surface area contributed by atoms with Gasteiger partial charge in [0.25, 0.3) is 5.91 Å². The van der Waals surface area contributed by atoms with Crippen LogP contribution in [0.5, 0.6) is 5.75 Å². The Bertz CT molecular complexity index is 829. The molecule has 0 unspecified atom stereocenters. The van der Waals surface area contributed by atoms with Gasteiger partial charge < -0.3 is 19.7 Å². The van der Waals surface area contributed by atoms with E-state index in [0.717, 1.165) is 66.7 Å². The molecule has 1 aromatic carbocycles. The molecular weight excluding hydrogens is 332 g/mol. The summed E-state index contributed by atoms with van der Waals surface area (Å²) in [6, 6.07) is 5.72. The van der Waals surface area contributed by atoms with Gasteiger partial charge in [0.1, 0.15) is 17.1 Å². The second kappa shape index (κ2) is 6.76. The number of carbonyl (C=O) groups is 1. The fourth-order valence-corrected chi connectivity index (χ4v) is 4.12. The monoisotopic (exact) mass is 356 g/mol. The molecule has 2 aliphatic carbocycles. The van der Waals surface area contributed by atoms with Gasteiger partial charge in [-0.15, -0.1) is 0 Å². The van der Waals surface area contributed by atoms with E-state index in [4.69, 9.17) is 9.26 Å². The summed E-state index contributed by atoms with van der Waals surface area (Å²) in [6.07, 6.45) is 6.18. The third-order valence-electron chi connectivity index (χ3n) is 5.56. The zero-order chi connectivity index (χ0) is 18.1. The number of fused-ring (bicyclic) bond motifs is 2. The Kier molecular flexibility index (Phi) is 4.44. The molecule has 1 atom stereocenters. The molecule has 0 fully saturated rings. The van der Waals surface area contributed by atoms with E-state index in [0.29, 0.717) is 12.1 Å². The van der Waals surface area contributed by atoms with Crippen LogP contribution in [0.1, 0.15) is 58.6 Å². The molecule has 2 aliphatic rings. The number of carbonyl (C=O) groups excluding carboxylic acids is 1. The minimum absolute atomic E-state index is 0.160. The molecular formula is C20H24N2O4. The standard InChI is InChI=1S/C20H24N2O4/c1-25-14-8-9-16-13(11-14)5-4-10-20(16,24)12-21-19(23)18-15-6-2-3-7-17(15)26-22-18/h8-9,11,24H,2-7,10,12H2,1H3,(H,21,23)/t20-/m0/s1. The maximum atomic E-state index is 12.6. The average Bonchev–Trinajstić information content (AvgIpc) is 3.10. The Hall–Kier alpha value is -2.34. The van der Waals surface area contributed by atoms with E-state index in [1.54, 1.807) is 7.11 Å². The number of aromatic nitrogens is 1. The van der Waals surface area contributed by atoms with Gasteiger partial charge in [0.2, 0.25) is 0 Å². The van der Waals surface area contributed by atoms with Crippen molar-refractivity contribution in [2.75, 3.05) is 13.7 Å². The molecule has 4 rings (SSSR count). The van der Waals surface area contributed by atoms with Crippen molar-refractivity contribution in [1.82, 2.24) is 10.5 Å². The summed E-state index contributed by atoms with van der Waals surface area (Å²) < 4.78 is 10.6. The number of benzene rings is 1. The van der Waals surface area contributed by atoms with Crippen molar-refractivity contribution in [1.29, 1.82) is 0 Å². The molecule has 0 saturated heterocycles. The van der Waals surface area contributed by atoms with Crippen LogP contribution in [-0.4, -0.2) is 29.8 Å². The highest BCUT2D eigenvalue weighted by Gasteiger charge is 2.35. The van der Waals surface area contributed by atoms with Gasteiger partial charge in [-0.05, 0) is 61.8 Å². The summed E-state index contributed by atoms with van der Waals surface area (Å²) in [7, 11) is 1.63. The number of hydrogen-bond acceptors (Lipinski definition) is 5. The topological polar surface area (TPSA) is 84.6 Å². The van der Waals surface area contributed by atoms with Crippen LogP contribution in [0.15, 0.2) is 22.7 Å². The number of methoxy groups -OCH3 is 1. The smallest absolute Gasteiger partial charge is 0.273 e. The molecule has 1 heterocycles. The number of nitrogens with one attached hydrogen (secondary N) is 1. The molecule has 1 aromatic heterocycles. The lowest BCUT2D eigenvalue weighted by Crippen LogP contribution is -2.43. The van der Waals surface area contributed by atoms with E-state index in [-0.39, 0.29) is 12.5 Å². The van der Waals surface area contributed by atoms with Crippen molar-refractivity contribution in [3.05, 3.63) is 46.3 Å². The van der Waals surface area contributed by atoms with Crippen LogP contribution in [0.25, 0.3) is 0 Å². The molecule has 0 saturated carbocycles. The van der Waals surface area contributed by atoms with Gasteiger partial charge in [-0.3, -0.25) is 4.79 Å². The molecule has 0 aliphatic heterocycles. The second-order valence-electron chi connectivity index (χ2n) is 7.23. The van der Waals surface area contributed by atoms with E-state index in [9.17, 15) is 9.90 Å². The molecule has 2 aromatic rings. The SMILES string of the molecule is COc1ccc2c(c1)CCC[C@]2(O)CNC(=O)c1noc2c1CCCC2. The van der Waals surface area contributed by atoms with Crippen LogP contribution in [0.3, 0.4) is 0 Å². The summed E-state index contributed by atoms with van der Waals surface area (Å²) in [5.41, 5.74) is 2.17. The highest BCUT2D eigenvalue weighted by atomic mass is 16.5. The molecule has 26 heavy (non-hydrogen) atoms. The van der Waals surface area contributed by atoms with Crippen molar-refractivity contribution in [3.63, 3.8) is 0 Å². The number of ether oxygens (including phenoxy) is 1. The highest BCUT2D eigenvalue weighted by Crippen LogP contribution is 2.36. The maximum Gasteiger partial charge on any atom is 0.273 e. The van der Waals surface area contributed by atoms with Crippen LogP contribution in [0.4, 0.5) is 0 Å². The number of rotatable bonds is 4. The molecule has 1 amide bonds. The first-order valence-corrected chi connectivity index (χ1v) is 9.26. The molecule has 6 nitrogen and oxygen atoms in total. The first-order valence-electron chi connectivity index (χ1n) is 9.26. The number of hydrogen-bond donors (Lipinski definition) is 2. The van der Waals surface area contributed by atoms with Crippen LogP contribution in [0.2, 0.25) is 0 Å². The van der Waals surface area contributed by atoms with Crippen LogP contribution >= 0.6 is 0 Å². The average molecular weight is 356 g/mol. The third kappa shape index (κ3) is 2.98. The number of nitrogens with zero attached hydrogens (tertiary/aromatic N) is 1. The van der Waals surface area contributed by atoms with Gasteiger partial charge >= 0.3 is 0 Å². The van der Waals surface area contributed by atoms with E-state index in [1.165, 1.54) is 0 Å². The van der Waals surface area contributed by atoms with Crippen LogP contribution in [-0.2, 0) is 24.9 Å². The first-order chi connectivity index (χ1) is 12.6. The zero-order valence-corrected chi connectivity index (χ0v) is 15.0. The Morgan fingerprint density at radius 1 is 1.31 bits per heavy atom. The fourth-order valence-electron chi connectivity index (χ4n) is 4.12. The van der Waals surface area contributed by atoms with Crippen molar-refractivity contribution in [2.24, 2.45) is 0 Å². The first kappa shape index (κ1) is 17.1. The summed E-state index contributed by atoms with van der Waals surface area (Å²) in [5, 5.41) is 18.0. The molecule has 138 valence electrons. The van der Waals surface area contributed by atoms with Gasteiger partial charge in [-0.25, -0.2) is 0 Å². The summed E-state index contributed by atoms with van der Waals surface area (Å²) >= 11 is 0. The molecule has 6 heteroatoms. The Morgan fingerprint density at radius 2 is 2.15 bits per heavy atom. The van der Waals surface area contributed by atoms with Crippen molar-refractivity contribution in [3.8, 4) is 5.75 Å². The van der Waals surface area contributed by atoms with E-state index in [1.807, 2.05) is 18.2 Å². The second-order valence-corrected chi connectivity index (χ2v) is 7.23. The third-order valence-corrected chi connectivity index (χ3v) is 5.56. The number of amides is 1. The Labute approximate surface area is 152 Å². The molecule has 0 radical (unpaired) electrons. The van der Waals surface area contributed by atoms with Gasteiger partial charge in [-0.2, -0.15) is 0 Å². The largest absolute Gasteiger partial charge is 0.497 e. The Balaban J connectivity index is 1.51. The summed E-state index contributed by atoms with van der Waals surface area (Å²) in [5.74, 6) is 1.34. The van der Waals surface area contributed by atoms with E-state index >= 15 is 0 Å². The molecule has 0 spiro atoms. The lowest BCUT2D eigenvalue weighted by molar-refractivity contribution is 0.0187. The van der Waals surface area contributed by atoms with E-state index < -0.39 is 5.60 Å². The zero-order valence-electron chi connectivity index (χ0n) is 15.0.